The number of pyridine rings is 1. The van der Waals surface area contributed by atoms with E-state index in [4.69, 9.17) is 5.11 Å². The molecule has 0 spiro atoms. The van der Waals surface area contributed by atoms with Crippen LogP contribution < -0.4 is 9.80 Å². The third-order valence-corrected chi connectivity index (χ3v) is 3.59. The molecule has 1 aromatic rings. The van der Waals surface area contributed by atoms with Crippen LogP contribution in [0, 0.1) is 0 Å². The average molecular weight is 322 g/mol. The normalized spacial score (nSPS) is 10.3. The molecule has 0 atom stereocenters. The summed E-state index contributed by atoms with van der Waals surface area (Å²) in [7, 11) is 3.79. The van der Waals surface area contributed by atoms with Crippen molar-refractivity contribution >= 4 is 23.4 Å². The van der Waals surface area contributed by atoms with Crippen molar-refractivity contribution in [3.63, 3.8) is 0 Å². The minimum Gasteiger partial charge on any atom is -0.481 e. The van der Waals surface area contributed by atoms with Gasteiger partial charge in [0.2, 0.25) is 5.91 Å². The number of carboxylic acid groups (broad SMARTS) is 1. The Balaban J connectivity index is 2.90. The van der Waals surface area contributed by atoms with Crippen LogP contribution in [-0.4, -0.2) is 67.1 Å². The SMILES string of the molecule is CCN(CC)C(=O)CN(CCC(=O)O)c1ccc(N(C)C)nc1. The van der Waals surface area contributed by atoms with Gasteiger partial charge in [-0.2, -0.15) is 0 Å². The van der Waals surface area contributed by atoms with Crippen molar-refractivity contribution in [1.29, 1.82) is 0 Å². The van der Waals surface area contributed by atoms with Gasteiger partial charge in [0.05, 0.1) is 24.8 Å². The van der Waals surface area contributed by atoms with Crippen LogP contribution in [0.25, 0.3) is 0 Å². The third kappa shape index (κ3) is 5.77. The van der Waals surface area contributed by atoms with E-state index in [0.29, 0.717) is 13.1 Å². The van der Waals surface area contributed by atoms with Gasteiger partial charge < -0.3 is 19.8 Å². The fourth-order valence-corrected chi connectivity index (χ4v) is 2.20. The summed E-state index contributed by atoms with van der Waals surface area (Å²) in [6.45, 7) is 5.55. The maximum atomic E-state index is 12.3. The Kier molecular flexibility index (Phi) is 7.31. The molecule has 0 saturated heterocycles. The molecule has 128 valence electrons. The predicted molar refractivity (Wildman–Crippen MR) is 91.0 cm³/mol. The molecule has 0 aliphatic rings. The van der Waals surface area contributed by atoms with E-state index < -0.39 is 5.97 Å². The van der Waals surface area contributed by atoms with Crippen molar-refractivity contribution in [2.24, 2.45) is 0 Å². The van der Waals surface area contributed by atoms with E-state index in [1.165, 1.54) is 0 Å². The lowest BCUT2D eigenvalue weighted by atomic mass is 10.3. The van der Waals surface area contributed by atoms with Crippen molar-refractivity contribution < 1.29 is 14.7 Å². The summed E-state index contributed by atoms with van der Waals surface area (Å²) in [6, 6.07) is 3.71. The summed E-state index contributed by atoms with van der Waals surface area (Å²) < 4.78 is 0. The number of amides is 1. The van der Waals surface area contributed by atoms with E-state index in [1.54, 1.807) is 16.0 Å². The minimum atomic E-state index is -0.886. The number of aromatic nitrogens is 1. The van der Waals surface area contributed by atoms with Crippen molar-refractivity contribution in [2.45, 2.75) is 20.3 Å². The zero-order chi connectivity index (χ0) is 17.4. The first-order valence-electron chi connectivity index (χ1n) is 7.76. The molecular formula is C16H26N4O3. The number of likely N-dealkylation sites (N-methyl/N-ethyl adjacent to an activating group) is 1. The van der Waals surface area contributed by atoms with Gasteiger partial charge in [0, 0.05) is 33.7 Å². The number of anilines is 2. The molecule has 0 saturated carbocycles. The van der Waals surface area contributed by atoms with E-state index >= 15 is 0 Å². The molecule has 1 heterocycles. The Morgan fingerprint density at radius 1 is 1.17 bits per heavy atom. The highest BCUT2D eigenvalue weighted by Crippen LogP contribution is 2.17. The summed E-state index contributed by atoms with van der Waals surface area (Å²) in [6.07, 6.45) is 1.65. The number of aliphatic carboxylic acids is 1. The zero-order valence-corrected chi connectivity index (χ0v) is 14.3. The first-order chi connectivity index (χ1) is 10.9. The molecular weight excluding hydrogens is 296 g/mol. The number of hydrogen-bond donors (Lipinski definition) is 1. The van der Waals surface area contributed by atoms with E-state index in [9.17, 15) is 9.59 Å². The lowest BCUT2D eigenvalue weighted by Crippen LogP contribution is -2.41. The van der Waals surface area contributed by atoms with Crippen LogP contribution in [0.2, 0.25) is 0 Å². The van der Waals surface area contributed by atoms with Crippen LogP contribution in [0.1, 0.15) is 20.3 Å². The monoisotopic (exact) mass is 322 g/mol. The van der Waals surface area contributed by atoms with Crippen LogP contribution in [0.4, 0.5) is 11.5 Å². The van der Waals surface area contributed by atoms with Gasteiger partial charge >= 0.3 is 5.97 Å². The first kappa shape index (κ1) is 18.7. The second-order valence-electron chi connectivity index (χ2n) is 5.40. The van der Waals surface area contributed by atoms with E-state index in [2.05, 4.69) is 4.98 Å². The van der Waals surface area contributed by atoms with Gasteiger partial charge in [-0.25, -0.2) is 4.98 Å². The zero-order valence-electron chi connectivity index (χ0n) is 14.3. The molecule has 0 aliphatic carbocycles. The maximum absolute atomic E-state index is 12.3. The average Bonchev–Trinajstić information content (AvgIpc) is 2.52. The van der Waals surface area contributed by atoms with Gasteiger partial charge in [0.25, 0.3) is 0 Å². The van der Waals surface area contributed by atoms with E-state index in [-0.39, 0.29) is 25.4 Å². The lowest BCUT2D eigenvalue weighted by molar-refractivity contribution is -0.137. The molecule has 1 amide bonds. The molecule has 0 radical (unpaired) electrons. The molecule has 1 N–H and O–H groups in total. The van der Waals surface area contributed by atoms with Gasteiger partial charge in [-0.15, -0.1) is 0 Å². The summed E-state index contributed by atoms with van der Waals surface area (Å²) in [5.74, 6) is -0.0952. The molecule has 1 rings (SSSR count). The summed E-state index contributed by atoms with van der Waals surface area (Å²) in [4.78, 5) is 32.9. The summed E-state index contributed by atoms with van der Waals surface area (Å²) in [5, 5.41) is 8.92. The van der Waals surface area contributed by atoms with Crippen molar-refractivity contribution in [3.8, 4) is 0 Å². The molecule has 0 unspecified atom stereocenters. The smallest absolute Gasteiger partial charge is 0.305 e. The Bertz CT molecular complexity index is 513. The van der Waals surface area contributed by atoms with Gasteiger partial charge in [0.15, 0.2) is 0 Å². The fourth-order valence-electron chi connectivity index (χ4n) is 2.20. The topological polar surface area (TPSA) is 77.0 Å². The van der Waals surface area contributed by atoms with Gasteiger partial charge in [-0.1, -0.05) is 0 Å². The largest absolute Gasteiger partial charge is 0.481 e. The molecule has 0 aliphatic heterocycles. The number of rotatable bonds is 9. The van der Waals surface area contributed by atoms with Crippen molar-refractivity contribution in [1.82, 2.24) is 9.88 Å². The molecule has 1 aromatic heterocycles. The second kappa shape index (κ2) is 8.97. The lowest BCUT2D eigenvalue weighted by Gasteiger charge is -2.27. The number of carboxylic acids is 1. The summed E-state index contributed by atoms with van der Waals surface area (Å²) >= 11 is 0. The number of hydrogen-bond acceptors (Lipinski definition) is 5. The third-order valence-electron chi connectivity index (χ3n) is 3.59. The molecule has 23 heavy (non-hydrogen) atoms. The Hall–Kier alpha value is -2.31. The quantitative estimate of drug-likeness (QED) is 0.738. The summed E-state index contributed by atoms with van der Waals surface area (Å²) in [5.41, 5.74) is 0.748. The number of carbonyl (C=O) groups is 2. The van der Waals surface area contributed by atoms with Crippen LogP contribution >= 0.6 is 0 Å². The highest BCUT2D eigenvalue weighted by atomic mass is 16.4. The molecule has 0 aromatic carbocycles. The molecule has 7 heteroatoms. The van der Waals surface area contributed by atoms with Gasteiger partial charge in [-0.3, -0.25) is 9.59 Å². The van der Waals surface area contributed by atoms with Crippen LogP contribution in [0.15, 0.2) is 18.3 Å². The van der Waals surface area contributed by atoms with Crippen LogP contribution in [0.5, 0.6) is 0 Å². The Labute approximate surface area is 137 Å². The fraction of sp³-hybridized carbons (Fsp3) is 0.562. The second-order valence-corrected chi connectivity index (χ2v) is 5.40. The van der Waals surface area contributed by atoms with Crippen LogP contribution in [-0.2, 0) is 9.59 Å². The van der Waals surface area contributed by atoms with Crippen molar-refractivity contribution in [3.05, 3.63) is 18.3 Å². The molecule has 0 bridgehead atoms. The van der Waals surface area contributed by atoms with E-state index in [1.807, 2.05) is 45.0 Å². The van der Waals surface area contributed by atoms with Crippen molar-refractivity contribution in [2.75, 3.05) is 50.1 Å². The Morgan fingerprint density at radius 2 is 1.83 bits per heavy atom. The predicted octanol–water partition coefficient (Wildman–Crippen LogP) is 1.30. The highest BCUT2D eigenvalue weighted by Gasteiger charge is 2.17. The minimum absolute atomic E-state index is 0.0166. The van der Waals surface area contributed by atoms with E-state index in [0.717, 1.165) is 11.5 Å². The number of carbonyl (C=O) groups excluding carboxylic acids is 1. The molecule has 0 fully saturated rings. The first-order valence-corrected chi connectivity index (χ1v) is 7.76. The standard InChI is InChI=1S/C16H26N4O3/c1-5-19(6-2)15(21)12-20(10-9-16(22)23)13-7-8-14(17-11-13)18(3)4/h7-8,11H,5-6,9-10,12H2,1-4H3,(H,22,23). The number of nitrogens with zero attached hydrogens (tertiary/aromatic N) is 4. The van der Waals surface area contributed by atoms with Gasteiger partial charge in [-0.05, 0) is 26.0 Å². The Morgan fingerprint density at radius 3 is 2.26 bits per heavy atom. The van der Waals surface area contributed by atoms with Gasteiger partial charge in [0.1, 0.15) is 5.82 Å². The van der Waals surface area contributed by atoms with Crippen LogP contribution in [0.3, 0.4) is 0 Å². The maximum Gasteiger partial charge on any atom is 0.305 e. The molecule has 7 nitrogen and oxygen atoms in total. The highest BCUT2D eigenvalue weighted by molar-refractivity contribution is 5.81.